The average Bonchev–Trinajstić information content (AvgIpc) is 2.68. The van der Waals surface area contributed by atoms with Crippen molar-refractivity contribution in [2.24, 2.45) is 5.84 Å². The number of aryl methyl sites for hydroxylation is 1. The zero-order valence-electron chi connectivity index (χ0n) is 11.6. The molecule has 1 aliphatic rings. The number of furan rings is 1. The van der Waals surface area contributed by atoms with Crippen molar-refractivity contribution in [2.75, 3.05) is 13.1 Å². The Bertz CT molecular complexity index is 451. The van der Waals surface area contributed by atoms with Gasteiger partial charge in [-0.15, -0.1) is 0 Å². The Kier molecular flexibility index (Phi) is 4.54. The Morgan fingerprint density at radius 2 is 2.16 bits per heavy atom. The Labute approximate surface area is 117 Å². The lowest BCUT2D eigenvalue weighted by Crippen LogP contribution is -2.39. The van der Waals surface area contributed by atoms with Crippen LogP contribution in [0.4, 0.5) is 0 Å². The van der Waals surface area contributed by atoms with E-state index < -0.39 is 0 Å². The van der Waals surface area contributed by atoms with Gasteiger partial charge in [0.15, 0.2) is 0 Å². The molecule has 1 fully saturated rings. The average molecular weight is 283 g/mol. The lowest BCUT2D eigenvalue weighted by atomic mass is 10.2. The Hall–Kier alpha value is -0.980. The maximum absolute atomic E-state index is 11.5. The number of hydrazine groups is 1. The van der Waals surface area contributed by atoms with Gasteiger partial charge in [-0.2, -0.15) is 11.8 Å². The van der Waals surface area contributed by atoms with E-state index in [9.17, 15) is 4.79 Å². The first kappa shape index (κ1) is 14.4. The van der Waals surface area contributed by atoms with Crippen molar-refractivity contribution in [3.8, 4) is 0 Å². The van der Waals surface area contributed by atoms with Crippen LogP contribution in [0.5, 0.6) is 0 Å². The van der Waals surface area contributed by atoms with E-state index in [1.807, 2.05) is 11.8 Å². The van der Waals surface area contributed by atoms with Crippen molar-refractivity contribution in [1.82, 2.24) is 10.3 Å². The van der Waals surface area contributed by atoms with E-state index >= 15 is 0 Å². The van der Waals surface area contributed by atoms with Crippen LogP contribution >= 0.6 is 11.8 Å². The minimum atomic E-state index is -0.302. The number of carbonyl (C=O) groups excluding carboxylic acids is 1. The summed E-state index contributed by atoms with van der Waals surface area (Å²) in [5, 5.41) is 1.26. The Balaban J connectivity index is 2.05. The van der Waals surface area contributed by atoms with Crippen LogP contribution in [0.1, 0.15) is 35.7 Å². The van der Waals surface area contributed by atoms with Gasteiger partial charge in [-0.25, -0.2) is 5.84 Å². The largest absolute Gasteiger partial charge is 0.464 e. The van der Waals surface area contributed by atoms with Crippen molar-refractivity contribution in [2.45, 2.75) is 37.8 Å². The molecule has 0 aromatic carbocycles. The van der Waals surface area contributed by atoms with Crippen LogP contribution in [0, 0.1) is 6.92 Å². The molecule has 3 N–H and O–H groups in total. The number of nitrogen functional groups attached to an aromatic ring is 1. The van der Waals surface area contributed by atoms with Crippen LogP contribution in [0.2, 0.25) is 0 Å². The highest BCUT2D eigenvalue weighted by molar-refractivity contribution is 8.00. The van der Waals surface area contributed by atoms with E-state index in [4.69, 9.17) is 10.3 Å². The molecule has 1 amide bonds. The van der Waals surface area contributed by atoms with Gasteiger partial charge < -0.3 is 4.42 Å². The number of nitrogens with one attached hydrogen (secondary N) is 1. The maximum Gasteiger partial charge on any atom is 0.268 e. The van der Waals surface area contributed by atoms with E-state index in [0.29, 0.717) is 21.8 Å². The van der Waals surface area contributed by atoms with E-state index in [1.54, 1.807) is 13.0 Å². The highest BCUT2D eigenvalue weighted by Crippen LogP contribution is 2.26. The van der Waals surface area contributed by atoms with E-state index in [2.05, 4.69) is 24.2 Å². The monoisotopic (exact) mass is 283 g/mol. The van der Waals surface area contributed by atoms with E-state index in [1.165, 1.54) is 0 Å². The standard InChI is InChI=1S/C13H21N3O2S/c1-8-5-16(6-9(2)19-8)7-11-4-12(10(3)18-11)13(17)15-14/h4,8-9H,5-7,14H2,1-3H3,(H,15,17). The molecule has 2 unspecified atom stereocenters. The van der Waals surface area contributed by atoms with Crippen LogP contribution in [-0.4, -0.2) is 34.4 Å². The van der Waals surface area contributed by atoms with Crippen molar-refractivity contribution >= 4 is 17.7 Å². The van der Waals surface area contributed by atoms with Gasteiger partial charge in [0.1, 0.15) is 11.5 Å². The molecule has 0 bridgehead atoms. The summed E-state index contributed by atoms with van der Waals surface area (Å²) < 4.78 is 5.65. The summed E-state index contributed by atoms with van der Waals surface area (Å²) in [5.74, 6) is 6.28. The quantitative estimate of drug-likeness (QED) is 0.500. The zero-order chi connectivity index (χ0) is 14.0. The highest BCUT2D eigenvalue weighted by Gasteiger charge is 2.24. The first-order valence-electron chi connectivity index (χ1n) is 6.47. The minimum Gasteiger partial charge on any atom is -0.464 e. The second-order valence-corrected chi connectivity index (χ2v) is 6.99. The summed E-state index contributed by atoms with van der Waals surface area (Å²) in [6.07, 6.45) is 0. The zero-order valence-corrected chi connectivity index (χ0v) is 12.4. The van der Waals surface area contributed by atoms with Crippen LogP contribution < -0.4 is 11.3 Å². The summed E-state index contributed by atoms with van der Waals surface area (Å²) in [5.41, 5.74) is 2.66. The maximum atomic E-state index is 11.5. The number of hydrogen-bond donors (Lipinski definition) is 2. The van der Waals surface area contributed by atoms with Crippen molar-refractivity contribution in [1.29, 1.82) is 0 Å². The molecule has 19 heavy (non-hydrogen) atoms. The third-order valence-corrected chi connectivity index (χ3v) is 4.45. The molecular formula is C13H21N3O2S. The van der Waals surface area contributed by atoms with Gasteiger partial charge in [0.2, 0.25) is 0 Å². The van der Waals surface area contributed by atoms with Gasteiger partial charge in [-0.05, 0) is 13.0 Å². The SMILES string of the molecule is Cc1oc(CN2CC(C)SC(C)C2)cc1C(=O)NN. The molecule has 0 saturated carbocycles. The molecule has 106 valence electrons. The third-order valence-electron chi connectivity index (χ3n) is 3.22. The number of rotatable bonds is 3. The van der Waals surface area contributed by atoms with Crippen molar-refractivity contribution in [3.63, 3.8) is 0 Å². The van der Waals surface area contributed by atoms with Crippen LogP contribution in [0.15, 0.2) is 10.5 Å². The molecule has 0 spiro atoms. The molecule has 1 aromatic heterocycles. The van der Waals surface area contributed by atoms with Gasteiger partial charge in [-0.1, -0.05) is 13.8 Å². The minimum absolute atomic E-state index is 0.302. The number of hydrogen-bond acceptors (Lipinski definition) is 5. The van der Waals surface area contributed by atoms with Crippen LogP contribution in [0.3, 0.4) is 0 Å². The molecule has 1 aromatic rings. The number of carbonyl (C=O) groups is 1. The first-order chi connectivity index (χ1) is 8.99. The molecule has 0 radical (unpaired) electrons. The topological polar surface area (TPSA) is 71.5 Å². The molecular weight excluding hydrogens is 262 g/mol. The number of thioether (sulfide) groups is 1. The molecule has 2 atom stereocenters. The molecule has 2 rings (SSSR count). The Morgan fingerprint density at radius 3 is 2.74 bits per heavy atom. The van der Waals surface area contributed by atoms with E-state index in [0.717, 1.165) is 25.4 Å². The third kappa shape index (κ3) is 3.52. The Morgan fingerprint density at radius 1 is 1.53 bits per heavy atom. The summed E-state index contributed by atoms with van der Waals surface area (Å²) in [4.78, 5) is 13.9. The van der Waals surface area contributed by atoms with Gasteiger partial charge in [0, 0.05) is 23.6 Å². The molecule has 2 heterocycles. The van der Waals surface area contributed by atoms with Crippen LogP contribution in [0.25, 0.3) is 0 Å². The number of nitrogens with two attached hydrogens (primary N) is 1. The first-order valence-corrected chi connectivity index (χ1v) is 7.42. The summed E-state index contributed by atoms with van der Waals surface area (Å²) in [6, 6.07) is 1.79. The second-order valence-electron chi connectivity index (χ2n) is 5.11. The lowest BCUT2D eigenvalue weighted by molar-refractivity contribution is 0.0952. The highest BCUT2D eigenvalue weighted by atomic mass is 32.2. The molecule has 1 saturated heterocycles. The van der Waals surface area contributed by atoms with Gasteiger partial charge in [0.25, 0.3) is 5.91 Å². The summed E-state index contributed by atoms with van der Waals surface area (Å²) in [7, 11) is 0. The van der Waals surface area contributed by atoms with Gasteiger partial charge >= 0.3 is 0 Å². The predicted octanol–water partition coefficient (Wildman–Crippen LogP) is 1.52. The van der Waals surface area contributed by atoms with Crippen LogP contribution in [-0.2, 0) is 6.54 Å². The number of nitrogens with zero attached hydrogens (tertiary/aromatic N) is 1. The molecule has 1 aliphatic heterocycles. The second kappa shape index (κ2) is 5.98. The predicted molar refractivity (Wildman–Crippen MR) is 76.9 cm³/mol. The molecule has 0 aliphatic carbocycles. The van der Waals surface area contributed by atoms with E-state index in [-0.39, 0.29) is 5.91 Å². The summed E-state index contributed by atoms with van der Waals surface area (Å²) >= 11 is 2.02. The smallest absolute Gasteiger partial charge is 0.268 e. The summed E-state index contributed by atoms with van der Waals surface area (Å²) in [6.45, 7) is 9.11. The lowest BCUT2D eigenvalue weighted by Gasteiger charge is -2.33. The molecule has 6 heteroatoms. The normalized spacial score (nSPS) is 24.4. The fraction of sp³-hybridized carbons (Fsp3) is 0.615. The van der Waals surface area contributed by atoms with Gasteiger partial charge in [0.05, 0.1) is 12.1 Å². The number of amides is 1. The fourth-order valence-corrected chi connectivity index (χ4v) is 3.95. The van der Waals surface area contributed by atoms with Crippen molar-refractivity contribution < 1.29 is 9.21 Å². The van der Waals surface area contributed by atoms with Gasteiger partial charge in [-0.3, -0.25) is 15.1 Å². The molecule has 5 nitrogen and oxygen atoms in total. The van der Waals surface area contributed by atoms with Crippen molar-refractivity contribution in [3.05, 3.63) is 23.2 Å². The fourth-order valence-electron chi connectivity index (χ4n) is 2.56.